The van der Waals surface area contributed by atoms with Crippen LogP contribution >= 0.6 is 0 Å². The summed E-state index contributed by atoms with van der Waals surface area (Å²) in [4.78, 5) is 34.8. The molecule has 3 rings (SSSR count). The number of hydrogen-bond acceptors (Lipinski definition) is 5. The average molecular weight is 355 g/mol. The number of aryl methyl sites for hydroxylation is 2. The molecule has 7 heteroatoms. The number of rotatable bonds is 5. The Labute approximate surface area is 153 Å². The summed E-state index contributed by atoms with van der Waals surface area (Å²) >= 11 is 0. The summed E-state index contributed by atoms with van der Waals surface area (Å²) in [5.41, 5.74) is 2.22. The van der Waals surface area contributed by atoms with Gasteiger partial charge in [0.15, 0.2) is 0 Å². The van der Waals surface area contributed by atoms with E-state index in [0.717, 1.165) is 38.2 Å². The van der Waals surface area contributed by atoms with Gasteiger partial charge in [-0.25, -0.2) is 4.79 Å². The highest BCUT2D eigenvalue weighted by Crippen LogP contribution is 2.13. The zero-order chi connectivity index (χ0) is 18.5. The molecule has 0 radical (unpaired) electrons. The van der Waals surface area contributed by atoms with E-state index in [9.17, 15) is 9.59 Å². The van der Waals surface area contributed by atoms with E-state index in [1.807, 2.05) is 25.3 Å². The highest BCUT2D eigenvalue weighted by atomic mass is 16.2. The van der Waals surface area contributed by atoms with Crippen LogP contribution in [0.4, 0.5) is 0 Å². The van der Waals surface area contributed by atoms with Crippen LogP contribution in [0.15, 0.2) is 35.4 Å². The van der Waals surface area contributed by atoms with E-state index in [-0.39, 0.29) is 24.2 Å². The van der Waals surface area contributed by atoms with Crippen LogP contribution in [0.1, 0.15) is 29.8 Å². The van der Waals surface area contributed by atoms with Gasteiger partial charge in [-0.3, -0.25) is 19.2 Å². The number of nitrogens with zero attached hydrogens (tertiary/aromatic N) is 4. The summed E-state index contributed by atoms with van der Waals surface area (Å²) < 4.78 is 1.42. The summed E-state index contributed by atoms with van der Waals surface area (Å²) in [5.74, 6) is -0.144. The molecular weight excluding hydrogens is 330 g/mol. The minimum Gasteiger partial charge on any atom is -0.351 e. The first-order valence-corrected chi connectivity index (χ1v) is 8.97. The molecule has 26 heavy (non-hydrogen) atoms. The largest absolute Gasteiger partial charge is 0.351 e. The van der Waals surface area contributed by atoms with Crippen molar-refractivity contribution in [3.63, 3.8) is 0 Å². The first kappa shape index (κ1) is 18.3. The maximum Gasteiger partial charge on any atom is 0.348 e. The smallest absolute Gasteiger partial charge is 0.348 e. The van der Waals surface area contributed by atoms with E-state index in [1.165, 1.54) is 10.1 Å². The molecule has 1 amide bonds. The van der Waals surface area contributed by atoms with E-state index in [4.69, 9.17) is 0 Å². The van der Waals surface area contributed by atoms with E-state index in [1.54, 1.807) is 13.1 Å². The molecule has 0 aliphatic carbocycles. The van der Waals surface area contributed by atoms with Gasteiger partial charge in [0.2, 0.25) is 5.91 Å². The number of carbonyl (C=O) groups excluding carboxylic acids is 1. The van der Waals surface area contributed by atoms with Crippen molar-refractivity contribution in [2.24, 2.45) is 0 Å². The molecule has 0 spiro atoms. The Bertz CT molecular complexity index is 818. The molecule has 1 atom stereocenters. The minimum atomic E-state index is -0.375. The van der Waals surface area contributed by atoms with Gasteiger partial charge in [0.1, 0.15) is 6.54 Å². The number of amides is 1. The van der Waals surface area contributed by atoms with Crippen LogP contribution < -0.4 is 11.0 Å². The minimum absolute atomic E-state index is 0.0110. The zero-order valence-electron chi connectivity index (χ0n) is 15.3. The van der Waals surface area contributed by atoms with Gasteiger partial charge in [-0.1, -0.05) is 6.07 Å². The number of pyridine rings is 1. The highest BCUT2D eigenvalue weighted by Gasteiger charge is 2.22. The van der Waals surface area contributed by atoms with Crippen LogP contribution in [-0.2, 0) is 17.9 Å². The molecule has 0 saturated carbocycles. The number of likely N-dealkylation sites (tertiary alicyclic amines) is 1. The second-order valence-corrected chi connectivity index (χ2v) is 6.91. The van der Waals surface area contributed by atoms with Gasteiger partial charge in [-0.15, -0.1) is 0 Å². The van der Waals surface area contributed by atoms with Gasteiger partial charge < -0.3 is 5.32 Å². The molecular formula is C19H25N5O2. The van der Waals surface area contributed by atoms with Gasteiger partial charge in [0.25, 0.3) is 0 Å². The molecule has 0 aromatic carbocycles. The fourth-order valence-corrected chi connectivity index (χ4v) is 3.45. The molecule has 1 aliphatic rings. The van der Waals surface area contributed by atoms with Crippen LogP contribution in [0.25, 0.3) is 0 Å². The van der Waals surface area contributed by atoms with Crippen molar-refractivity contribution >= 4 is 5.91 Å². The number of piperidine rings is 1. The van der Waals surface area contributed by atoms with Crippen LogP contribution in [0.3, 0.4) is 0 Å². The van der Waals surface area contributed by atoms with Gasteiger partial charge in [0, 0.05) is 42.9 Å². The number of hydrogen-bond donors (Lipinski definition) is 1. The molecule has 1 saturated heterocycles. The van der Waals surface area contributed by atoms with Gasteiger partial charge in [0.05, 0.1) is 0 Å². The van der Waals surface area contributed by atoms with Crippen molar-refractivity contribution in [2.45, 2.75) is 45.8 Å². The highest BCUT2D eigenvalue weighted by molar-refractivity contribution is 5.76. The lowest BCUT2D eigenvalue weighted by Gasteiger charge is -2.33. The molecule has 2 aromatic heterocycles. The quantitative estimate of drug-likeness (QED) is 0.867. The Balaban J connectivity index is 1.57. The van der Waals surface area contributed by atoms with Crippen LogP contribution in [-0.4, -0.2) is 44.5 Å². The Morgan fingerprint density at radius 1 is 1.38 bits per heavy atom. The van der Waals surface area contributed by atoms with E-state index >= 15 is 0 Å². The SMILES string of the molecule is Cc1cc(C)n(CC(=O)N[C@@H]2CCCN(Cc3cccnc3)C2)c(=O)n1. The lowest BCUT2D eigenvalue weighted by Crippen LogP contribution is -2.48. The zero-order valence-corrected chi connectivity index (χ0v) is 15.3. The van der Waals surface area contributed by atoms with Gasteiger partial charge >= 0.3 is 5.69 Å². The van der Waals surface area contributed by atoms with Crippen LogP contribution in [0, 0.1) is 13.8 Å². The fourth-order valence-electron chi connectivity index (χ4n) is 3.45. The van der Waals surface area contributed by atoms with Crippen LogP contribution in [0.2, 0.25) is 0 Å². The second-order valence-electron chi connectivity index (χ2n) is 6.91. The first-order chi connectivity index (χ1) is 12.5. The monoisotopic (exact) mass is 355 g/mol. The van der Waals surface area contributed by atoms with Crippen molar-refractivity contribution in [3.05, 3.63) is 58.0 Å². The summed E-state index contributed by atoms with van der Waals surface area (Å²) in [5, 5.41) is 3.07. The summed E-state index contributed by atoms with van der Waals surface area (Å²) in [6.45, 7) is 6.26. The van der Waals surface area contributed by atoms with E-state index in [0.29, 0.717) is 5.69 Å². The Morgan fingerprint density at radius 2 is 2.23 bits per heavy atom. The number of nitrogens with one attached hydrogen (secondary N) is 1. The standard InChI is InChI=1S/C19H25N5O2/c1-14-9-15(2)24(19(26)21-14)13-18(25)22-17-6-4-8-23(12-17)11-16-5-3-7-20-10-16/h3,5,7,9-10,17H,4,6,8,11-13H2,1-2H3,(H,22,25)/t17-/m1/s1. The van der Waals surface area contributed by atoms with Crippen molar-refractivity contribution in [1.29, 1.82) is 0 Å². The van der Waals surface area contributed by atoms with Crippen molar-refractivity contribution in [1.82, 2.24) is 24.8 Å². The van der Waals surface area contributed by atoms with E-state index < -0.39 is 0 Å². The molecule has 0 unspecified atom stereocenters. The maximum atomic E-state index is 12.4. The third-order valence-corrected chi connectivity index (χ3v) is 4.65. The molecule has 2 aromatic rings. The molecule has 1 aliphatic heterocycles. The topological polar surface area (TPSA) is 80.1 Å². The molecule has 0 bridgehead atoms. The van der Waals surface area contributed by atoms with Crippen molar-refractivity contribution in [3.8, 4) is 0 Å². The predicted octanol–water partition coefficient (Wildman–Crippen LogP) is 1.04. The van der Waals surface area contributed by atoms with Crippen molar-refractivity contribution in [2.75, 3.05) is 13.1 Å². The molecule has 1 N–H and O–H groups in total. The summed E-state index contributed by atoms with van der Waals surface area (Å²) in [6, 6.07) is 5.91. The lowest BCUT2D eigenvalue weighted by molar-refractivity contribution is -0.122. The first-order valence-electron chi connectivity index (χ1n) is 8.97. The molecule has 1 fully saturated rings. The third-order valence-electron chi connectivity index (χ3n) is 4.65. The second kappa shape index (κ2) is 8.23. The Kier molecular flexibility index (Phi) is 5.78. The number of aromatic nitrogens is 3. The third kappa shape index (κ3) is 4.76. The van der Waals surface area contributed by atoms with Gasteiger partial charge in [-0.2, -0.15) is 4.98 Å². The summed E-state index contributed by atoms with van der Waals surface area (Å²) in [7, 11) is 0. The van der Waals surface area contributed by atoms with Gasteiger partial charge in [-0.05, 0) is 50.9 Å². The van der Waals surface area contributed by atoms with Crippen molar-refractivity contribution < 1.29 is 4.79 Å². The predicted molar refractivity (Wildman–Crippen MR) is 98.6 cm³/mol. The average Bonchev–Trinajstić information content (AvgIpc) is 2.59. The lowest BCUT2D eigenvalue weighted by atomic mass is 10.0. The van der Waals surface area contributed by atoms with E-state index in [2.05, 4.69) is 26.3 Å². The molecule has 3 heterocycles. The Hall–Kier alpha value is -2.54. The molecule has 138 valence electrons. The number of carbonyl (C=O) groups is 1. The normalized spacial score (nSPS) is 17.8. The Morgan fingerprint density at radius 3 is 2.96 bits per heavy atom. The fraction of sp³-hybridized carbons (Fsp3) is 0.474. The van der Waals surface area contributed by atoms with Crippen LogP contribution in [0.5, 0.6) is 0 Å². The summed E-state index contributed by atoms with van der Waals surface area (Å²) in [6.07, 6.45) is 5.64. The maximum absolute atomic E-state index is 12.4. The molecule has 7 nitrogen and oxygen atoms in total.